The maximum absolute atomic E-state index is 15.0. The molecule has 35 heavy (non-hydrogen) atoms. The molecule has 2 heteroatoms. The monoisotopic (exact) mass is 454 g/mol. The maximum Gasteiger partial charge on any atom is 0.134 e. The van der Waals surface area contributed by atoms with Crippen LogP contribution in [0.1, 0.15) is 18.4 Å². The fourth-order valence-corrected chi connectivity index (χ4v) is 6.80. The highest BCUT2D eigenvalue weighted by molar-refractivity contribution is 6.44. The number of fused-ring (bicyclic) bond motifs is 7. The summed E-state index contributed by atoms with van der Waals surface area (Å²) in [5.41, 5.74) is 1.27. The van der Waals surface area contributed by atoms with Gasteiger partial charge in [-0.05, 0) is 77.5 Å². The van der Waals surface area contributed by atoms with Gasteiger partial charge in [0.2, 0.25) is 0 Å². The van der Waals surface area contributed by atoms with E-state index in [0.717, 1.165) is 26.9 Å². The van der Waals surface area contributed by atoms with Crippen molar-refractivity contribution in [3.63, 3.8) is 0 Å². The lowest BCUT2D eigenvalue weighted by molar-refractivity contribution is 0.609. The van der Waals surface area contributed by atoms with Gasteiger partial charge >= 0.3 is 0 Å². The SMILES string of the molecule is CC1C=CC=CC1c1c2c3ccccc3c3cccc(c32)c2c3ccc(F)c4c(F)ccc(c12)c43. The second-order valence-corrected chi connectivity index (χ2v) is 9.91. The van der Waals surface area contributed by atoms with Crippen molar-refractivity contribution in [2.45, 2.75) is 12.8 Å². The quantitative estimate of drug-likeness (QED) is 0.232. The molecule has 166 valence electrons. The highest BCUT2D eigenvalue weighted by atomic mass is 19.1. The van der Waals surface area contributed by atoms with Gasteiger partial charge in [0, 0.05) is 11.3 Å². The van der Waals surface area contributed by atoms with Crippen molar-refractivity contribution in [3.05, 3.63) is 108 Å². The van der Waals surface area contributed by atoms with E-state index in [2.05, 4.69) is 73.7 Å². The van der Waals surface area contributed by atoms with E-state index in [1.165, 1.54) is 44.6 Å². The topological polar surface area (TPSA) is 0 Å². The van der Waals surface area contributed by atoms with Crippen LogP contribution in [-0.4, -0.2) is 0 Å². The zero-order valence-corrected chi connectivity index (χ0v) is 19.1. The minimum absolute atomic E-state index is 0.0950. The Labute approximate surface area is 200 Å². The van der Waals surface area contributed by atoms with Gasteiger partial charge in [0.1, 0.15) is 11.6 Å². The zero-order valence-electron chi connectivity index (χ0n) is 19.1. The summed E-state index contributed by atoms with van der Waals surface area (Å²) < 4.78 is 30.0. The lowest BCUT2D eigenvalue weighted by Crippen LogP contribution is -2.08. The summed E-state index contributed by atoms with van der Waals surface area (Å²) in [5.74, 6) is -0.552. The summed E-state index contributed by atoms with van der Waals surface area (Å²) in [6.07, 6.45) is 8.78. The van der Waals surface area contributed by atoms with E-state index >= 15 is 0 Å². The van der Waals surface area contributed by atoms with Crippen molar-refractivity contribution < 1.29 is 8.78 Å². The molecule has 0 amide bonds. The molecular formula is C33H20F2. The average Bonchev–Trinajstić information content (AvgIpc) is 3.39. The van der Waals surface area contributed by atoms with Crippen LogP contribution < -0.4 is 0 Å². The standard InChI is InChI=1S/C33H20F2/c1-17-7-2-3-8-18(17)30-31-21-10-5-4-9-19(21)20-11-6-12-22(27(20)31)28-23-13-15-25(34)33-26(35)16-14-24(29(23)33)32(28)30/h2-18H,1H3. The Morgan fingerprint density at radius 3 is 1.77 bits per heavy atom. The Kier molecular flexibility index (Phi) is 3.61. The van der Waals surface area contributed by atoms with Gasteiger partial charge < -0.3 is 0 Å². The molecule has 0 radical (unpaired) electrons. The van der Waals surface area contributed by atoms with Crippen LogP contribution in [0.3, 0.4) is 0 Å². The molecule has 2 unspecified atom stereocenters. The second-order valence-electron chi connectivity index (χ2n) is 9.91. The first-order valence-electron chi connectivity index (χ1n) is 12.1. The molecule has 8 rings (SSSR count). The predicted octanol–water partition coefficient (Wildman–Crippen LogP) is 9.61. The molecule has 7 aromatic carbocycles. The fourth-order valence-electron chi connectivity index (χ4n) is 6.80. The molecule has 0 N–H and O–H groups in total. The van der Waals surface area contributed by atoms with Gasteiger partial charge in [0.05, 0.1) is 5.39 Å². The van der Waals surface area contributed by atoms with Crippen LogP contribution in [0.5, 0.6) is 0 Å². The Morgan fingerprint density at radius 1 is 0.486 bits per heavy atom. The first kappa shape index (κ1) is 19.3. The molecule has 7 aromatic rings. The highest BCUT2D eigenvalue weighted by Crippen LogP contribution is 2.53. The molecule has 0 fully saturated rings. The lowest BCUT2D eigenvalue weighted by Gasteiger charge is -2.24. The number of hydrogen-bond donors (Lipinski definition) is 0. The van der Waals surface area contributed by atoms with Crippen molar-refractivity contribution >= 4 is 64.6 Å². The summed E-state index contributed by atoms with van der Waals surface area (Å²) in [7, 11) is 0. The van der Waals surface area contributed by atoms with Crippen molar-refractivity contribution in [1.82, 2.24) is 0 Å². The number of rotatable bonds is 1. The molecule has 0 bridgehead atoms. The summed E-state index contributed by atoms with van der Waals surface area (Å²) in [6, 6.07) is 21.7. The number of hydrogen-bond acceptors (Lipinski definition) is 0. The number of allylic oxidation sites excluding steroid dienone is 4. The Morgan fingerprint density at radius 2 is 1.00 bits per heavy atom. The van der Waals surface area contributed by atoms with E-state index < -0.39 is 11.6 Å². The molecule has 0 aromatic heterocycles. The van der Waals surface area contributed by atoms with E-state index in [-0.39, 0.29) is 11.3 Å². The lowest BCUT2D eigenvalue weighted by atomic mass is 9.79. The molecule has 0 nitrogen and oxygen atoms in total. The van der Waals surface area contributed by atoms with Gasteiger partial charge in [-0.25, -0.2) is 8.78 Å². The van der Waals surface area contributed by atoms with Crippen LogP contribution >= 0.6 is 0 Å². The third-order valence-corrected chi connectivity index (χ3v) is 8.20. The summed E-state index contributed by atoms with van der Waals surface area (Å²) in [5, 5.41) is 12.3. The summed E-state index contributed by atoms with van der Waals surface area (Å²) in [6.45, 7) is 2.25. The minimum atomic E-state index is -0.506. The van der Waals surface area contributed by atoms with Crippen molar-refractivity contribution in [3.8, 4) is 0 Å². The van der Waals surface area contributed by atoms with Crippen LogP contribution in [-0.2, 0) is 0 Å². The van der Waals surface area contributed by atoms with Gasteiger partial charge in [-0.15, -0.1) is 0 Å². The third-order valence-electron chi connectivity index (χ3n) is 8.20. The van der Waals surface area contributed by atoms with E-state index in [4.69, 9.17) is 0 Å². The Hall–Kier alpha value is -4.04. The van der Waals surface area contributed by atoms with Crippen LogP contribution in [0.15, 0.2) is 91.0 Å². The van der Waals surface area contributed by atoms with E-state index in [1.54, 1.807) is 0 Å². The van der Waals surface area contributed by atoms with Crippen LogP contribution in [0.25, 0.3) is 64.6 Å². The molecule has 0 spiro atoms. The first-order chi connectivity index (χ1) is 17.1. The average molecular weight is 455 g/mol. The number of halogens is 2. The normalized spacial score (nSPS) is 18.5. The van der Waals surface area contributed by atoms with E-state index in [0.29, 0.717) is 11.3 Å². The molecule has 0 heterocycles. The van der Waals surface area contributed by atoms with Crippen molar-refractivity contribution in [2.75, 3.05) is 0 Å². The Bertz CT molecular complexity index is 2030. The van der Waals surface area contributed by atoms with Crippen molar-refractivity contribution in [1.29, 1.82) is 0 Å². The highest BCUT2D eigenvalue weighted by Gasteiger charge is 2.29. The fraction of sp³-hybridized carbons (Fsp3) is 0.0909. The van der Waals surface area contributed by atoms with Gasteiger partial charge in [-0.2, -0.15) is 0 Å². The second kappa shape index (κ2) is 6.55. The smallest absolute Gasteiger partial charge is 0.134 e. The molecule has 0 aliphatic heterocycles. The minimum Gasteiger partial charge on any atom is -0.206 e. The van der Waals surface area contributed by atoms with Crippen molar-refractivity contribution in [2.24, 2.45) is 5.92 Å². The number of benzene rings is 5. The molecule has 1 aliphatic carbocycles. The summed E-state index contributed by atoms with van der Waals surface area (Å²) >= 11 is 0. The first-order valence-corrected chi connectivity index (χ1v) is 12.1. The zero-order chi connectivity index (χ0) is 23.4. The van der Waals surface area contributed by atoms with Gasteiger partial charge in [-0.1, -0.05) is 85.8 Å². The van der Waals surface area contributed by atoms with Gasteiger partial charge in [0.15, 0.2) is 0 Å². The van der Waals surface area contributed by atoms with Gasteiger partial charge in [-0.3, -0.25) is 0 Å². The summed E-state index contributed by atoms with van der Waals surface area (Å²) in [4.78, 5) is 0. The van der Waals surface area contributed by atoms with E-state index in [9.17, 15) is 8.78 Å². The van der Waals surface area contributed by atoms with E-state index in [1.807, 2.05) is 12.1 Å². The third kappa shape index (κ3) is 2.25. The van der Waals surface area contributed by atoms with Crippen LogP contribution in [0, 0.1) is 17.6 Å². The predicted molar refractivity (Wildman–Crippen MR) is 144 cm³/mol. The Balaban J connectivity index is 1.77. The molecular weight excluding hydrogens is 434 g/mol. The van der Waals surface area contributed by atoms with Crippen LogP contribution in [0.2, 0.25) is 0 Å². The molecule has 0 saturated heterocycles. The van der Waals surface area contributed by atoms with Crippen LogP contribution in [0.4, 0.5) is 8.78 Å². The maximum atomic E-state index is 15.0. The molecule has 0 saturated carbocycles. The largest absolute Gasteiger partial charge is 0.206 e. The van der Waals surface area contributed by atoms with Gasteiger partial charge in [0.25, 0.3) is 0 Å². The molecule has 2 atom stereocenters. The molecule has 1 aliphatic rings.